The zero-order chi connectivity index (χ0) is 7.11. The molecule has 9 heavy (non-hydrogen) atoms. The molecule has 0 aromatic heterocycles. The fraction of sp³-hybridized carbons (Fsp3) is 0.857. The molecule has 0 spiro atoms. The van der Waals surface area contributed by atoms with Gasteiger partial charge in [0.2, 0.25) is 6.29 Å². The molecule has 2 nitrogen and oxygen atoms in total. The molecule has 0 aromatic rings. The molecule has 0 aliphatic rings. The molecule has 0 saturated carbocycles. The maximum Gasteiger partial charge on any atom is 0.216 e. The SMILES string of the molecule is CCCCNC(C)[C]=O. The van der Waals surface area contributed by atoms with E-state index in [0.717, 1.165) is 13.0 Å². The van der Waals surface area contributed by atoms with Gasteiger partial charge in [-0.05, 0) is 19.9 Å². The second-order valence-corrected chi connectivity index (χ2v) is 2.15. The van der Waals surface area contributed by atoms with E-state index >= 15 is 0 Å². The molecule has 0 bridgehead atoms. The van der Waals surface area contributed by atoms with Crippen LogP contribution in [0.4, 0.5) is 0 Å². The van der Waals surface area contributed by atoms with E-state index in [2.05, 4.69) is 12.2 Å². The molecule has 2 heteroatoms. The summed E-state index contributed by atoms with van der Waals surface area (Å²) in [5, 5.41) is 3.01. The van der Waals surface area contributed by atoms with Gasteiger partial charge in [0.05, 0.1) is 6.04 Å². The minimum Gasteiger partial charge on any atom is -0.307 e. The highest BCUT2D eigenvalue weighted by atomic mass is 16.1. The summed E-state index contributed by atoms with van der Waals surface area (Å²) in [5.74, 6) is 0. The molecule has 0 heterocycles. The highest BCUT2D eigenvalue weighted by Gasteiger charge is 1.95. The van der Waals surface area contributed by atoms with Crippen LogP contribution in [0.2, 0.25) is 0 Å². The van der Waals surface area contributed by atoms with Gasteiger partial charge in [0.25, 0.3) is 0 Å². The molecule has 0 fully saturated rings. The van der Waals surface area contributed by atoms with Crippen LogP contribution in [0.25, 0.3) is 0 Å². The van der Waals surface area contributed by atoms with Gasteiger partial charge in [-0.2, -0.15) is 0 Å². The second-order valence-electron chi connectivity index (χ2n) is 2.15. The van der Waals surface area contributed by atoms with Gasteiger partial charge in [-0.15, -0.1) is 0 Å². The number of hydrogen-bond acceptors (Lipinski definition) is 2. The quantitative estimate of drug-likeness (QED) is 0.557. The van der Waals surface area contributed by atoms with Crippen LogP contribution in [-0.2, 0) is 4.79 Å². The summed E-state index contributed by atoms with van der Waals surface area (Å²) < 4.78 is 0. The fourth-order valence-electron chi connectivity index (χ4n) is 0.537. The summed E-state index contributed by atoms with van der Waals surface area (Å²) in [6.45, 7) is 4.85. The fourth-order valence-corrected chi connectivity index (χ4v) is 0.537. The van der Waals surface area contributed by atoms with E-state index in [4.69, 9.17) is 0 Å². The van der Waals surface area contributed by atoms with Gasteiger partial charge in [-0.25, -0.2) is 0 Å². The standard InChI is InChI=1S/C7H14NO/c1-3-4-5-8-7(2)6-9/h7-8H,3-5H2,1-2H3. The molecule has 53 valence electrons. The largest absolute Gasteiger partial charge is 0.307 e. The van der Waals surface area contributed by atoms with E-state index < -0.39 is 0 Å². The predicted octanol–water partition coefficient (Wildman–Crippen LogP) is 0.874. The molecule has 0 rings (SSSR count). The Morgan fingerprint density at radius 1 is 1.67 bits per heavy atom. The van der Waals surface area contributed by atoms with Gasteiger partial charge in [0.1, 0.15) is 0 Å². The molecular formula is C7H14NO. The van der Waals surface area contributed by atoms with Crippen molar-refractivity contribution in [2.45, 2.75) is 32.7 Å². The Morgan fingerprint density at radius 2 is 2.33 bits per heavy atom. The van der Waals surface area contributed by atoms with Gasteiger partial charge >= 0.3 is 0 Å². The Bertz CT molecular complexity index is 73.3. The molecule has 0 aliphatic carbocycles. The first-order chi connectivity index (χ1) is 4.31. The molecule has 1 radical (unpaired) electrons. The second kappa shape index (κ2) is 5.76. The summed E-state index contributed by atoms with van der Waals surface area (Å²) in [6.07, 6.45) is 4.16. The first-order valence-corrected chi connectivity index (χ1v) is 3.42. The van der Waals surface area contributed by atoms with Crippen LogP contribution in [0.3, 0.4) is 0 Å². The third-order valence-electron chi connectivity index (χ3n) is 1.16. The molecule has 1 N–H and O–H groups in total. The third kappa shape index (κ3) is 5.50. The van der Waals surface area contributed by atoms with E-state index in [-0.39, 0.29) is 6.04 Å². The van der Waals surface area contributed by atoms with Crippen LogP contribution in [-0.4, -0.2) is 18.9 Å². The summed E-state index contributed by atoms with van der Waals surface area (Å²) in [6, 6.07) is -0.100. The number of unbranched alkanes of at least 4 members (excludes halogenated alkanes) is 1. The lowest BCUT2D eigenvalue weighted by atomic mass is 10.3. The molecule has 0 aromatic carbocycles. The minimum atomic E-state index is -0.100. The van der Waals surface area contributed by atoms with Crippen molar-refractivity contribution >= 4 is 6.29 Å². The van der Waals surface area contributed by atoms with Gasteiger partial charge < -0.3 is 5.32 Å². The summed E-state index contributed by atoms with van der Waals surface area (Å²) in [5.41, 5.74) is 0. The van der Waals surface area contributed by atoms with E-state index in [9.17, 15) is 4.79 Å². The number of rotatable bonds is 5. The van der Waals surface area contributed by atoms with E-state index in [0.29, 0.717) is 0 Å². The van der Waals surface area contributed by atoms with Gasteiger partial charge in [-0.3, -0.25) is 4.79 Å². The average Bonchev–Trinajstić information content (AvgIpc) is 1.89. The van der Waals surface area contributed by atoms with Crippen molar-refractivity contribution in [3.63, 3.8) is 0 Å². The van der Waals surface area contributed by atoms with Crippen molar-refractivity contribution in [3.05, 3.63) is 0 Å². The van der Waals surface area contributed by atoms with Crippen LogP contribution in [0.15, 0.2) is 0 Å². The lowest BCUT2D eigenvalue weighted by molar-refractivity contribution is 0.521. The first-order valence-electron chi connectivity index (χ1n) is 3.42. The lowest BCUT2D eigenvalue weighted by Crippen LogP contribution is -2.27. The van der Waals surface area contributed by atoms with Crippen molar-refractivity contribution in [2.24, 2.45) is 0 Å². The van der Waals surface area contributed by atoms with Crippen LogP contribution >= 0.6 is 0 Å². The lowest BCUT2D eigenvalue weighted by Gasteiger charge is -2.03. The highest BCUT2D eigenvalue weighted by molar-refractivity contribution is 5.57. The van der Waals surface area contributed by atoms with Gasteiger partial charge in [0.15, 0.2) is 0 Å². The highest BCUT2D eigenvalue weighted by Crippen LogP contribution is 1.83. The summed E-state index contributed by atoms with van der Waals surface area (Å²) >= 11 is 0. The average molecular weight is 128 g/mol. The van der Waals surface area contributed by atoms with Crippen LogP contribution in [0, 0.1) is 0 Å². The van der Waals surface area contributed by atoms with Gasteiger partial charge in [0, 0.05) is 0 Å². The Hall–Kier alpha value is -0.370. The topological polar surface area (TPSA) is 29.1 Å². The normalized spacial score (nSPS) is 13.1. The van der Waals surface area contributed by atoms with E-state index in [1.165, 1.54) is 6.42 Å². The zero-order valence-electron chi connectivity index (χ0n) is 6.11. The Kier molecular flexibility index (Phi) is 5.52. The minimum absolute atomic E-state index is 0.100. The van der Waals surface area contributed by atoms with Crippen molar-refractivity contribution in [1.82, 2.24) is 5.32 Å². The van der Waals surface area contributed by atoms with E-state index in [1.807, 2.05) is 13.2 Å². The van der Waals surface area contributed by atoms with Crippen molar-refractivity contribution in [1.29, 1.82) is 0 Å². The maximum absolute atomic E-state index is 9.91. The van der Waals surface area contributed by atoms with Crippen molar-refractivity contribution in [2.75, 3.05) is 6.54 Å². The molecular weight excluding hydrogens is 114 g/mol. The Morgan fingerprint density at radius 3 is 2.78 bits per heavy atom. The Labute approximate surface area is 56.6 Å². The van der Waals surface area contributed by atoms with Crippen LogP contribution in [0.5, 0.6) is 0 Å². The molecule has 0 aliphatic heterocycles. The summed E-state index contributed by atoms with van der Waals surface area (Å²) in [4.78, 5) is 9.91. The number of carbonyl (C=O) groups excluding carboxylic acids is 1. The predicted molar refractivity (Wildman–Crippen MR) is 38.1 cm³/mol. The molecule has 0 saturated heterocycles. The van der Waals surface area contributed by atoms with Crippen molar-refractivity contribution < 1.29 is 4.79 Å². The van der Waals surface area contributed by atoms with Crippen LogP contribution in [0.1, 0.15) is 26.7 Å². The molecule has 0 amide bonds. The maximum atomic E-state index is 9.91. The third-order valence-corrected chi connectivity index (χ3v) is 1.16. The Balaban J connectivity index is 2.96. The monoisotopic (exact) mass is 128 g/mol. The smallest absolute Gasteiger partial charge is 0.216 e. The van der Waals surface area contributed by atoms with Crippen molar-refractivity contribution in [3.8, 4) is 0 Å². The van der Waals surface area contributed by atoms with Crippen LogP contribution < -0.4 is 5.32 Å². The summed E-state index contributed by atoms with van der Waals surface area (Å²) in [7, 11) is 0. The van der Waals surface area contributed by atoms with Gasteiger partial charge in [-0.1, -0.05) is 13.3 Å². The number of hydrogen-bond donors (Lipinski definition) is 1. The molecule has 1 unspecified atom stereocenters. The molecule has 1 atom stereocenters. The number of nitrogens with one attached hydrogen (secondary N) is 1. The zero-order valence-corrected chi connectivity index (χ0v) is 6.11. The first kappa shape index (κ1) is 8.63. The van der Waals surface area contributed by atoms with E-state index in [1.54, 1.807) is 0 Å².